The Bertz CT molecular complexity index is 848. The van der Waals surface area contributed by atoms with Crippen LogP contribution in [-0.4, -0.2) is 70.4 Å². The molecule has 3 rings (SSSR count). The number of rotatable bonds is 8. The summed E-state index contributed by atoms with van der Waals surface area (Å²) in [7, 11) is -3.33. The van der Waals surface area contributed by atoms with Gasteiger partial charge in [-0.25, -0.2) is 8.42 Å². The topological polar surface area (TPSA) is 79.0 Å². The van der Waals surface area contributed by atoms with Crippen LogP contribution in [0.3, 0.4) is 0 Å². The Balaban J connectivity index is 1.71. The van der Waals surface area contributed by atoms with Crippen LogP contribution in [0.15, 0.2) is 18.2 Å². The zero-order valence-corrected chi connectivity index (χ0v) is 19.4. The fourth-order valence-corrected chi connectivity index (χ4v) is 6.15. The van der Waals surface area contributed by atoms with Gasteiger partial charge in [-0.2, -0.15) is 0 Å². The number of nitrogens with zero attached hydrogens (tertiary/aromatic N) is 2. The predicted octanol–water partition coefficient (Wildman–Crippen LogP) is 2.26. The zero-order chi connectivity index (χ0) is 21.9. The molecular formula is C22H35N3O4S. The minimum atomic E-state index is -3.33. The SMILES string of the molecule is CCC(CC)[C@H](CNC(=O)c1ccc2c(c1)C[C@@H](C)N2S(C)(=O)=O)N1CCOCC1. The summed E-state index contributed by atoms with van der Waals surface area (Å²) >= 11 is 0. The van der Waals surface area contributed by atoms with Crippen molar-refractivity contribution in [3.63, 3.8) is 0 Å². The molecule has 7 nitrogen and oxygen atoms in total. The van der Waals surface area contributed by atoms with Crippen LogP contribution in [0.5, 0.6) is 0 Å². The number of ether oxygens (including phenoxy) is 1. The fourth-order valence-electron chi connectivity index (χ4n) is 4.88. The van der Waals surface area contributed by atoms with E-state index in [0.29, 0.717) is 36.2 Å². The van der Waals surface area contributed by atoms with Crippen molar-refractivity contribution in [3.8, 4) is 0 Å². The van der Waals surface area contributed by atoms with Crippen LogP contribution in [0, 0.1) is 5.92 Å². The molecule has 30 heavy (non-hydrogen) atoms. The smallest absolute Gasteiger partial charge is 0.251 e. The molecule has 0 spiro atoms. The van der Waals surface area contributed by atoms with Gasteiger partial charge in [0.2, 0.25) is 10.0 Å². The van der Waals surface area contributed by atoms with Gasteiger partial charge in [-0.05, 0) is 43.0 Å². The molecule has 2 atom stereocenters. The monoisotopic (exact) mass is 437 g/mol. The van der Waals surface area contributed by atoms with Crippen LogP contribution in [0.1, 0.15) is 49.5 Å². The van der Waals surface area contributed by atoms with Crippen molar-refractivity contribution in [2.75, 3.05) is 43.4 Å². The number of morpholine rings is 1. The molecule has 0 radical (unpaired) electrons. The van der Waals surface area contributed by atoms with E-state index in [1.807, 2.05) is 13.0 Å². The summed E-state index contributed by atoms with van der Waals surface area (Å²) in [5.74, 6) is 0.417. The molecule has 0 unspecified atom stereocenters. The Kier molecular flexibility index (Phi) is 7.42. The van der Waals surface area contributed by atoms with Gasteiger partial charge in [0.25, 0.3) is 5.91 Å². The van der Waals surface area contributed by atoms with Gasteiger partial charge in [0.1, 0.15) is 0 Å². The molecule has 0 saturated carbocycles. The lowest BCUT2D eigenvalue weighted by Gasteiger charge is -2.38. The number of amides is 1. The number of carbonyl (C=O) groups excluding carboxylic acids is 1. The first-order valence-corrected chi connectivity index (χ1v) is 12.8. The fraction of sp³-hybridized carbons (Fsp3) is 0.682. The van der Waals surface area contributed by atoms with Gasteiger partial charge in [0.15, 0.2) is 0 Å². The van der Waals surface area contributed by atoms with Crippen molar-refractivity contribution >= 4 is 21.6 Å². The predicted molar refractivity (Wildman–Crippen MR) is 120 cm³/mol. The number of anilines is 1. The molecular weight excluding hydrogens is 402 g/mol. The number of benzene rings is 1. The van der Waals surface area contributed by atoms with Gasteiger partial charge in [0.05, 0.1) is 25.2 Å². The van der Waals surface area contributed by atoms with Crippen LogP contribution >= 0.6 is 0 Å². The maximum Gasteiger partial charge on any atom is 0.251 e. The summed E-state index contributed by atoms with van der Waals surface area (Å²) in [4.78, 5) is 15.3. The second-order valence-corrected chi connectivity index (χ2v) is 10.3. The van der Waals surface area contributed by atoms with Crippen LogP contribution in [0.25, 0.3) is 0 Å². The number of fused-ring (bicyclic) bond motifs is 1. The minimum absolute atomic E-state index is 0.104. The van der Waals surface area contributed by atoms with Crippen molar-refractivity contribution < 1.29 is 17.9 Å². The Labute approximate surface area is 180 Å². The van der Waals surface area contributed by atoms with Gasteiger partial charge in [-0.15, -0.1) is 0 Å². The summed E-state index contributed by atoms with van der Waals surface area (Å²) in [5.41, 5.74) is 2.18. The van der Waals surface area contributed by atoms with Gasteiger partial charge < -0.3 is 10.1 Å². The van der Waals surface area contributed by atoms with Gasteiger partial charge in [-0.3, -0.25) is 14.0 Å². The second kappa shape index (κ2) is 9.66. The van der Waals surface area contributed by atoms with Crippen LogP contribution < -0.4 is 9.62 Å². The normalized spacial score (nSPS) is 21.0. The summed E-state index contributed by atoms with van der Waals surface area (Å²) in [5, 5.41) is 3.14. The lowest BCUT2D eigenvalue weighted by molar-refractivity contribution is 0.00191. The van der Waals surface area contributed by atoms with E-state index < -0.39 is 10.0 Å². The second-order valence-electron chi connectivity index (χ2n) is 8.46. The average Bonchev–Trinajstić information content (AvgIpc) is 3.06. The lowest BCUT2D eigenvalue weighted by atomic mass is 9.92. The molecule has 1 N–H and O–H groups in total. The molecule has 168 valence electrons. The first kappa shape index (κ1) is 23.0. The van der Waals surface area contributed by atoms with E-state index in [-0.39, 0.29) is 11.9 Å². The lowest BCUT2D eigenvalue weighted by Crippen LogP contribution is -2.52. The highest BCUT2D eigenvalue weighted by Crippen LogP contribution is 2.34. The van der Waals surface area contributed by atoms with E-state index in [1.165, 1.54) is 10.6 Å². The third-order valence-corrected chi connectivity index (χ3v) is 7.70. The molecule has 1 saturated heterocycles. The molecule has 8 heteroatoms. The highest BCUT2D eigenvalue weighted by Gasteiger charge is 2.33. The highest BCUT2D eigenvalue weighted by molar-refractivity contribution is 7.92. The van der Waals surface area contributed by atoms with E-state index in [4.69, 9.17) is 4.74 Å². The molecule has 0 aliphatic carbocycles. The largest absolute Gasteiger partial charge is 0.379 e. The first-order valence-electron chi connectivity index (χ1n) is 11.0. The van der Waals surface area contributed by atoms with Gasteiger partial charge >= 0.3 is 0 Å². The Hall–Kier alpha value is -1.64. The van der Waals surface area contributed by atoms with E-state index >= 15 is 0 Å². The van der Waals surface area contributed by atoms with Crippen molar-refractivity contribution in [1.82, 2.24) is 10.2 Å². The molecule has 1 fully saturated rings. The van der Waals surface area contributed by atoms with E-state index in [2.05, 4.69) is 24.1 Å². The van der Waals surface area contributed by atoms with E-state index in [1.54, 1.807) is 12.1 Å². The Morgan fingerprint density at radius 3 is 2.50 bits per heavy atom. The van der Waals surface area contributed by atoms with Crippen LogP contribution in [0.4, 0.5) is 5.69 Å². The number of hydrogen-bond acceptors (Lipinski definition) is 5. The standard InChI is InChI=1S/C22H35N3O4S/c1-5-17(6-2)21(24-9-11-29-12-10-24)15-23-22(26)18-7-8-20-19(14-18)13-16(3)25(20)30(4,27)28/h7-8,14,16-17,21H,5-6,9-13,15H2,1-4H3,(H,23,26)/t16-,21+/m1/s1. The summed E-state index contributed by atoms with van der Waals surface area (Å²) in [6, 6.07) is 5.49. The summed E-state index contributed by atoms with van der Waals surface area (Å²) in [6.45, 7) is 10.2. The quantitative estimate of drug-likeness (QED) is 0.675. The van der Waals surface area contributed by atoms with E-state index in [9.17, 15) is 13.2 Å². The number of sulfonamides is 1. The molecule has 0 bridgehead atoms. The van der Waals surface area contributed by atoms with E-state index in [0.717, 1.165) is 44.7 Å². The highest BCUT2D eigenvalue weighted by atomic mass is 32.2. The molecule has 2 aliphatic rings. The van der Waals surface area contributed by atoms with Crippen LogP contribution in [0.2, 0.25) is 0 Å². The van der Waals surface area contributed by atoms with Gasteiger partial charge in [0, 0.05) is 37.3 Å². The summed E-state index contributed by atoms with van der Waals surface area (Å²) < 4.78 is 31.2. The van der Waals surface area contributed by atoms with Crippen molar-refractivity contribution in [1.29, 1.82) is 0 Å². The number of hydrogen-bond donors (Lipinski definition) is 1. The average molecular weight is 438 g/mol. The molecule has 2 heterocycles. The maximum atomic E-state index is 12.9. The third-order valence-electron chi connectivity index (χ3n) is 6.43. The number of nitrogens with one attached hydrogen (secondary N) is 1. The molecule has 1 aromatic carbocycles. The third kappa shape index (κ3) is 4.98. The maximum absolute atomic E-state index is 12.9. The first-order chi connectivity index (χ1) is 14.3. The Morgan fingerprint density at radius 1 is 1.23 bits per heavy atom. The van der Waals surface area contributed by atoms with Crippen molar-refractivity contribution in [2.24, 2.45) is 5.92 Å². The zero-order valence-electron chi connectivity index (χ0n) is 18.6. The van der Waals surface area contributed by atoms with Gasteiger partial charge in [-0.1, -0.05) is 26.7 Å². The van der Waals surface area contributed by atoms with Crippen LogP contribution in [-0.2, 0) is 21.2 Å². The molecule has 0 aromatic heterocycles. The Morgan fingerprint density at radius 2 is 1.90 bits per heavy atom. The molecule has 2 aliphatic heterocycles. The summed E-state index contributed by atoms with van der Waals surface area (Å²) in [6.07, 6.45) is 4.00. The number of carbonyl (C=O) groups is 1. The minimum Gasteiger partial charge on any atom is -0.379 e. The molecule has 1 aromatic rings. The van der Waals surface area contributed by atoms with Crippen molar-refractivity contribution in [3.05, 3.63) is 29.3 Å². The molecule has 1 amide bonds. The van der Waals surface area contributed by atoms with Crippen molar-refractivity contribution in [2.45, 2.75) is 52.1 Å².